The van der Waals surface area contributed by atoms with Crippen molar-refractivity contribution < 1.29 is 17.9 Å². The predicted molar refractivity (Wildman–Crippen MR) is 129 cm³/mol. The maximum Gasteiger partial charge on any atom is 0.433 e. The molecule has 1 fully saturated rings. The summed E-state index contributed by atoms with van der Waals surface area (Å²) in [5.41, 5.74) is 0.0822. The minimum atomic E-state index is -4.50. The van der Waals surface area contributed by atoms with Crippen molar-refractivity contribution in [3.05, 3.63) is 42.2 Å². The molecule has 12 heteroatoms. The molecule has 1 aliphatic heterocycles. The molecule has 8 nitrogen and oxygen atoms in total. The maximum atomic E-state index is 12.7. The number of para-hydroxylation sites is 2. The number of ether oxygens (including phenoxy) is 1. The van der Waals surface area contributed by atoms with Crippen LogP contribution in [0.3, 0.4) is 0 Å². The third kappa shape index (κ3) is 7.00. The van der Waals surface area contributed by atoms with Gasteiger partial charge in [0, 0.05) is 45.5 Å². The number of alkyl halides is 3. The quantitative estimate of drug-likeness (QED) is 0.206. The summed E-state index contributed by atoms with van der Waals surface area (Å²) in [6.45, 7) is 2.46. The predicted octanol–water partition coefficient (Wildman–Crippen LogP) is 2.98. The number of halogens is 4. The second-order valence-electron chi connectivity index (χ2n) is 6.94. The van der Waals surface area contributed by atoms with Gasteiger partial charge in [-0.1, -0.05) is 12.1 Å². The number of benzene rings is 1. The number of methoxy groups -OCH3 is 1. The summed E-state index contributed by atoms with van der Waals surface area (Å²) in [5, 5.41) is 9.30. The van der Waals surface area contributed by atoms with Crippen LogP contribution in [0.5, 0.6) is 5.75 Å². The number of nitrogens with zero attached hydrogens (tertiary/aromatic N) is 4. The third-order valence-corrected chi connectivity index (χ3v) is 4.83. The molecule has 1 unspecified atom stereocenters. The van der Waals surface area contributed by atoms with Gasteiger partial charge in [0.2, 0.25) is 5.95 Å². The van der Waals surface area contributed by atoms with Crippen molar-refractivity contribution >= 4 is 41.6 Å². The van der Waals surface area contributed by atoms with Crippen LogP contribution in [0, 0.1) is 0 Å². The molecule has 3 N–H and O–H groups in total. The first-order valence-corrected chi connectivity index (χ1v) is 9.90. The van der Waals surface area contributed by atoms with Gasteiger partial charge in [-0.2, -0.15) is 13.2 Å². The van der Waals surface area contributed by atoms with Gasteiger partial charge in [-0.3, -0.25) is 4.99 Å². The number of hydrogen-bond donors (Lipinski definition) is 3. The van der Waals surface area contributed by atoms with Crippen molar-refractivity contribution in [2.75, 3.05) is 50.6 Å². The SMILES string of the molecule is CN=C(NCCNc1nccc(C(F)(F)F)n1)NC1CCN(c2ccccc2OC)C1.I. The molecule has 0 spiro atoms. The van der Waals surface area contributed by atoms with Crippen molar-refractivity contribution in [2.45, 2.75) is 18.6 Å². The van der Waals surface area contributed by atoms with Gasteiger partial charge in [-0.05, 0) is 24.6 Å². The van der Waals surface area contributed by atoms with Crippen molar-refractivity contribution in [3.8, 4) is 5.75 Å². The molecule has 1 aromatic carbocycles. The number of guanidine groups is 1. The van der Waals surface area contributed by atoms with E-state index in [9.17, 15) is 13.2 Å². The average Bonchev–Trinajstić information content (AvgIpc) is 3.23. The van der Waals surface area contributed by atoms with Gasteiger partial charge in [0.25, 0.3) is 0 Å². The zero-order valence-corrected chi connectivity index (χ0v) is 20.1. The Morgan fingerprint density at radius 2 is 2.03 bits per heavy atom. The van der Waals surface area contributed by atoms with Gasteiger partial charge in [-0.15, -0.1) is 24.0 Å². The summed E-state index contributed by atoms with van der Waals surface area (Å²) in [6, 6.07) is 8.95. The number of aromatic nitrogens is 2. The van der Waals surface area contributed by atoms with E-state index in [1.165, 1.54) is 0 Å². The lowest BCUT2D eigenvalue weighted by molar-refractivity contribution is -0.141. The Hall–Kier alpha value is -2.51. The number of nitrogens with one attached hydrogen (secondary N) is 3. The Bertz CT molecular complexity index is 897. The summed E-state index contributed by atoms with van der Waals surface area (Å²) in [6.07, 6.45) is -2.47. The molecular weight excluding hydrogens is 538 g/mol. The van der Waals surface area contributed by atoms with Crippen LogP contribution in [0.4, 0.5) is 24.8 Å². The summed E-state index contributed by atoms with van der Waals surface area (Å²) in [4.78, 5) is 13.8. The zero-order valence-electron chi connectivity index (χ0n) is 17.8. The Balaban J connectivity index is 0.00000363. The lowest BCUT2D eigenvalue weighted by Crippen LogP contribution is -2.45. The topological polar surface area (TPSA) is 86.7 Å². The van der Waals surface area contributed by atoms with Crippen molar-refractivity contribution in [2.24, 2.45) is 4.99 Å². The van der Waals surface area contributed by atoms with Crippen LogP contribution >= 0.6 is 24.0 Å². The lowest BCUT2D eigenvalue weighted by Gasteiger charge is -2.22. The minimum absolute atomic E-state index is 0. The second-order valence-corrected chi connectivity index (χ2v) is 6.94. The van der Waals surface area contributed by atoms with Crippen LogP contribution in [0.2, 0.25) is 0 Å². The van der Waals surface area contributed by atoms with E-state index < -0.39 is 11.9 Å². The third-order valence-electron chi connectivity index (χ3n) is 4.83. The van der Waals surface area contributed by atoms with E-state index in [2.05, 4.69) is 35.8 Å². The van der Waals surface area contributed by atoms with Crippen LogP contribution in [0.25, 0.3) is 0 Å². The van der Waals surface area contributed by atoms with Gasteiger partial charge in [-0.25, -0.2) is 9.97 Å². The second kappa shape index (κ2) is 11.9. The zero-order chi connectivity index (χ0) is 22.3. The van der Waals surface area contributed by atoms with Crippen LogP contribution in [0.1, 0.15) is 12.1 Å². The minimum Gasteiger partial charge on any atom is -0.495 e. The molecule has 0 saturated carbocycles. The van der Waals surface area contributed by atoms with Crippen molar-refractivity contribution in [1.29, 1.82) is 0 Å². The maximum absolute atomic E-state index is 12.7. The molecule has 0 bridgehead atoms. The number of hydrogen-bond acceptors (Lipinski definition) is 6. The Morgan fingerprint density at radius 1 is 1.25 bits per heavy atom. The van der Waals surface area contributed by atoms with E-state index in [1.54, 1.807) is 14.2 Å². The van der Waals surface area contributed by atoms with Gasteiger partial charge in [0.05, 0.1) is 12.8 Å². The van der Waals surface area contributed by atoms with E-state index in [1.807, 2.05) is 24.3 Å². The molecule has 0 aliphatic carbocycles. The smallest absolute Gasteiger partial charge is 0.433 e. The van der Waals surface area contributed by atoms with E-state index in [0.717, 1.165) is 43.2 Å². The highest BCUT2D eigenvalue weighted by molar-refractivity contribution is 14.0. The Kier molecular flexibility index (Phi) is 9.60. The molecule has 0 amide bonds. The van der Waals surface area contributed by atoms with Crippen molar-refractivity contribution in [1.82, 2.24) is 20.6 Å². The number of rotatable bonds is 7. The molecule has 1 aliphatic rings. The summed E-state index contributed by atoms with van der Waals surface area (Å²) in [5.74, 6) is 1.40. The first-order chi connectivity index (χ1) is 14.9. The molecule has 3 rings (SSSR count). The highest BCUT2D eigenvalue weighted by Crippen LogP contribution is 2.30. The number of aliphatic imine (C=N–C) groups is 1. The molecular formula is C20H27F3IN7O. The molecule has 1 aromatic heterocycles. The van der Waals surface area contributed by atoms with Crippen LogP contribution in [-0.4, -0.2) is 62.3 Å². The van der Waals surface area contributed by atoms with Crippen molar-refractivity contribution in [3.63, 3.8) is 0 Å². The van der Waals surface area contributed by atoms with Gasteiger partial charge in [0.15, 0.2) is 5.96 Å². The van der Waals surface area contributed by atoms with E-state index in [0.29, 0.717) is 19.0 Å². The Morgan fingerprint density at radius 3 is 2.75 bits per heavy atom. The lowest BCUT2D eigenvalue weighted by atomic mass is 10.2. The standard InChI is InChI=1S/C20H26F3N7O.HI/c1-24-18(26-10-11-27-19-25-9-7-17(29-19)20(21,22)23)28-14-8-12-30(13-14)15-5-3-4-6-16(15)31-2;/h3-7,9,14H,8,10-13H2,1-2H3,(H2,24,26,28)(H,25,27,29);1H. The highest BCUT2D eigenvalue weighted by atomic mass is 127. The fourth-order valence-electron chi connectivity index (χ4n) is 3.33. The fraction of sp³-hybridized carbons (Fsp3) is 0.450. The van der Waals surface area contributed by atoms with E-state index in [-0.39, 0.29) is 36.0 Å². The summed E-state index contributed by atoms with van der Waals surface area (Å²) >= 11 is 0. The van der Waals surface area contributed by atoms with Crippen LogP contribution in [-0.2, 0) is 6.18 Å². The molecule has 2 aromatic rings. The fourth-order valence-corrected chi connectivity index (χ4v) is 3.33. The highest BCUT2D eigenvalue weighted by Gasteiger charge is 2.32. The molecule has 0 radical (unpaired) electrons. The van der Waals surface area contributed by atoms with E-state index in [4.69, 9.17) is 4.74 Å². The van der Waals surface area contributed by atoms with Gasteiger partial charge >= 0.3 is 6.18 Å². The molecule has 2 heterocycles. The largest absolute Gasteiger partial charge is 0.495 e. The summed E-state index contributed by atoms with van der Waals surface area (Å²) < 4.78 is 43.6. The van der Waals surface area contributed by atoms with Gasteiger partial charge < -0.3 is 25.6 Å². The van der Waals surface area contributed by atoms with Crippen LogP contribution in [0.15, 0.2) is 41.5 Å². The summed E-state index contributed by atoms with van der Waals surface area (Å²) in [7, 11) is 3.33. The molecule has 32 heavy (non-hydrogen) atoms. The van der Waals surface area contributed by atoms with E-state index >= 15 is 0 Å². The first-order valence-electron chi connectivity index (χ1n) is 9.90. The average molecular weight is 565 g/mol. The molecule has 1 atom stereocenters. The normalized spacial score (nSPS) is 16.3. The Labute approximate surface area is 202 Å². The monoisotopic (exact) mass is 565 g/mol. The first kappa shape index (κ1) is 25.7. The number of anilines is 2. The van der Waals surface area contributed by atoms with Crippen LogP contribution < -0.4 is 25.6 Å². The molecule has 176 valence electrons. The van der Waals surface area contributed by atoms with Gasteiger partial charge in [0.1, 0.15) is 11.4 Å². The molecule has 1 saturated heterocycles.